The maximum atomic E-state index is 11.6. The van der Waals surface area contributed by atoms with E-state index in [9.17, 15) is 5.11 Å². The molecule has 1 aliphatic heterocycles. The van der Waals surface area contributed by atoms with Gasteiger partial charge in [-0.2, -0.15) is 0 Å². The lowest BCUT2D eigenvalue weighted by Crippen LogP contribution is -2.59. The highest BCUT2D eigenvalue weighted by Gasteiger charge is 2.51. The number of aromatic nitrogens is 1. The number of para-hydroxylation sites is 1. The summed E-state index contributed by atoms with van der Waals surface area (Å²) in [5.74, 6) is 1.06. The number of hydrogen-bond acceptors (Lipinski definition) is 4. The Balaban J connectivity index is 1.44. The number of hydrogen-bond donors (Lipinski definition) is 2. The van der Waals surface area contributed by atoms with E-state index in [0.717, 1.165) is 40.8 Å². The molecule has 4 nitrogen and oxygen atoms in total. The predicted molar refractivity (Wildman–Crippen MR) is 142 cm³/mol. The van der Waals surface area contributed by atoms with Gasteiger partial charge in [0.15, 0.2) is 0 Å². The Hall–Kier alpha value is -3.37. The Labute approximate surface area is 206 Å². The Bertz CT molecular complexity index is 1390. The van der Waals surface area contributed by atoms with Crippen molar-refractivity contribution in [2.24, 2.45) is 5.92 Å². The third-order valence-corrected chi connectivity index (χ3v) is 8.89. The molecule has 2 bridgehead atoms. The molecule has 2 aliphatic carbocycles. The van der Waals surface area contributed by atoms with E-state index in [1.807, 2.05) is 18.5 Å². The monoisotopic (exact) mass is 461 g/mol. The largest absolute Gasteiger partial charge is 0.506 e. The van der Waals surface area contributed by atoms with E-state index in [1.165, 1.54) is 43.2 Å². The average molecular weight is 462 g/mol. The molecule has 0 radical (unpaired) electrons. The number of phenols is 1. The van der Waals surface area contributed by atoms with Gasteiger partial charge in [-0.3, -0.25) is 4.98 Å². The van der Waals surface area contributed by atoms with Crippen LogP contribution in [0.15, 0.2) is 79.1 Å². The van der Waals surface area contributed by atoms with Gasteiger partial charge in [-0.1, -0.05) is 43.2 Å². The average Bonchev–Trinajstić information content (AvgIpc) is 2.90. The van der Waals surface area contributed by atoms with Crippen LogP contribution < -0.4 is 10.2 Å². The van der Waals surface area contributed by atoms with Gasteiger partial charge in [0.2, 0.25) is 0 Å². The van der Waals surface area contributed by atoms with Crippen molar-refractivity contribution in [2.75, 3.05) is 11.4 Å². The molecule has 1 saturated heterocycles. The van der Waals surface area contributed by atoms with Gasteiger partial charge in [-0.25, -0.2) is 0 Å². The number of nitrogens with zero attached hydrogens (tertiary/aromatic N) is 2. The molecular formula is C31H31N3O. The molecule has 2 fully saturated rings. The zero-order valence-corrected chi connectivity index (χ0v) is 20.0. The summed E-state index contributed by atoms with van der Waals surface area (Å²) in [7, 11) is 0. The number of benzene rings is 3. The first-order valence-corrected chi connectivity index (χ1v) is 13.0. The Morgan fingerprint density at radius 2 is 1.86 bits per heavy atom. The highest BCUT2D eigenvalue weighted by molar-refractivity contribution is 5.99. The zero-order chi connectivity index (χ0) is 23.4. The third-order valence-electron chi connectivity index (χ3n) is 8.89. The number of phenolic OH excluding ortho intramolecular Hbond substituents is 1. The fourth-order valence-corrected chi connectivity index (χ4v) is 7.42. The fraction of sp³-hybridized carbons (Fsp3) is 0.323. The van der Waals surface area contributed by atoms with Crippen molar-refractivity contribution >= 4 is 27.8 Å². The molecule has 4 aromatic rings. The third kappa shape index (κ3) is 3.20. The van der Waals surface area contributed by atoms with Crippen LogP contribution in [0.4, 0.5) is 17.1 Å². The summed E-state index contributed by atoms with van der Waals surface area (Å²) >= 11 is 0. The van der Waals surface area contributed by atoms with Gasteiger partial charge in [0.05, 0.1) is 11.4 Å². The van der Waals surface area contributed by atoms with Gasteiger partial charge >= 0.3 is 0 Å². The van der Waals surface area contributed by atoms with Gasteiger partial charge < -0.3 is 15.3 Å². The molecule has 35 heavy (non-hydrogen) atoms. The Kier molecular flexibility index (Phi) is 4.85. The molecule has 0 spiro atoms. The Morgan fingerprint density at radius 3 is 2.77 bits per heavy atom. The van der Waals surface area contributed by atoms with Crippen molar-refractivity contribution in [1.29, 1.82) is 0 Å². The van der Waals surface area contributed by atoms with Crippen molar-refractivity contribution in [1.82, 2.24) is 10.3 Å². The van der Waals surface area contributed by atoms with Gasteiger partial charge in [0.25, 0.3) is 0 Å². The summed E-state index contributed by atoms with van der Waals surface area (Å²) in [5, 5.41) is 17.7. The number of pyridine rings is 1. The van der Waals surface area contributed by atoms with E-state index in [-0.39, 0.29) is 5.41 Å². The number of nitrogens with one attached hydrogen (secondary N) is 1. The summed E-state index contributed by atoms with van der Waals surface area (Å²) in [6.07, 6.45) is 11.2. The molecule has 3 aliphatic rings. The van der Waals surface area contributed by atoms with Crippen LogP contribution in [0.5, 0.6) is 5.75 Å². The molecule has 3 atom stereocenters. The second-order valence-electron chi connectivity index (χ2n) is 10.6. The first-order chi connectivity index (χ1) is 17.2. The summed E-state index contributed by atoms with van der Waals surface area (Å²) in [6, 6.07) is 23.7. The van der Waals surface area contributed by atoms with Crippen LogP contribution in [0.25, 0.3) is 10.8 Å². The van der Waals surface area contributed by atoms with Crippen molar-refractivity contribution in [3.8, 4) is 5.75 Å². The number of piperidine rings is 1. The van der Waals surface area contributed by atoms with Crippen molar-refractivity contribution < 1.29 is 5.11 Å². The second-order valence-corrected chi connectivity index (χ2v) is 10.6. The fourth-order valence-electron chi connectivity index (χ4n) is 7.42. The van der Waals surface area contributed by atoms with Crippen LogP contribution in [-0.4, -0.2) is 22.7 Å². The number of fused-ring (bicyclic) bond motifs is 2. The van der Waals surface area contributed by atoms with Crippen LogP contribution >= 0.6 is 0 Å². The highest BCUT2D eigenvalue weighted by atomic mass is 16.3. The molecule has 1 saturated carbocycles. The van der Waals surface area contributed by atoms with E-state index in [4.69, 9.17) is 0 Å². The van der Waals surface area contributed by atoms with Crippen LogP contribution in [0.1, 0.15) is 43.2 Å². The normalized spacial score (nSPS) is 25.0. The van der Waals surface area contributed by atoms with Crippen molar-refractivity contribution in [3.63, 3.8) is 0 Å². The van der Waals surface area contributed by atoms with E-state index in [0.29, 0.717) is 17.7 Å². The smallest absolute Gasteiger partial charge is 0.139 e. The lowest BCUT2D eigenvalue weighted by atomic mass is 9.53. The lowest BCUT2D eigenvalue weighted by Gasteiger charge is -2.56. The molecule has 176 valence electrons. The summed E-state index contributed by atoms with van der Waals surface area (Å²) < 4.78 is 0. The van der Waals surface area contributed by atoms with Crippen LogP contribution in [0.2, 0.25) is 0 Å². The van der Waals surface area contributed by atoms with E-state index >= 15 is 0 Å². The van der Waals surface area contributed by atoms with Crippen LogP contribution in [-0.2, 0) is 11.8 Å². The number of rotatable bonds is 3. The molecular weight excluding hydrogens is 430 g/mol. The molecule has 1 aromatic heterocycles. The molecule has 2 heterocycles. The summed E-state index contributed by atoms with van der Waals surface area (Å²) in [4.78, 5) is 6.54. The number of aromatic hydroxyl groups is 1. The molecule has 2 N–H and O–H groups in total. The first-order valence-electron chi connectivity index (χ1n) is 13.0. The van der Waals surface area contributed by atoms with E-state index < -0.39 is 0 Å². The number of anilines is 3. The van der Waals surface area contributed by atoms with E-state index in [1.54, 1.807) is 0 Å². The van der Waals surface area contributed by atoms with Gasteiger partial charge in [0, 0.05) is 40.3 Å². The zero-order valence-electron chi connectivity index (χ0n) is 20.0. The van der Waals surface area contributed by atoms with Crippen LogP contribution in [0.3, 0.4) is 0 Å². The minimum atomic E-state index is 0.223. The van der Waals surface area contributed by atoms with Gasteiger partial charge in [-0.15, -0.1) is 0 Å². The maximum absolute atomic E-state index is 11.6. The summed E-state index contributed by atoms with van der Waals surface area (Å²) in [5.41, 5.74) is 5.97. The topological polar surface area (TPSA) is 48.4 Å². The minimum Gasteiger partial charge on any atom is -0.506 e. The highest BCUT2D eigenvalue weighted by Crippen LogP contribution is 2.56. The predicted octanol–water partition coefficient (Wildman–Crippen LogP) is 6.76. The summed E-state index contributed by atoms with van der Waals surface area (Å²) in [6.45, 7) is 1.09. The standard InChI is InChI=1S/C31H31N3O/c35-30-19-26-22(17-27-25-10-4-5-13-31(25,26)14-16-33-27)18-29(30)34(23-8-2-1-3-9-23)28-11-6-7-21-20-32-15-12-24(21)28/h1-3,6-9,11-12,15,18-20,25,27,33,35H,4-5,10,13-14,16-17H2/t25-,27+,31+/m0/s1. The van der Waals surface area contributed by atoms with E-state index in [2.05, 4.69) is 75.9 Å². The van der Waals surface area contributed by atoms with Crippen molar-refractivity contribution in [3.05, 3.63) is 90.3 Å². The minimum absolute atomic E-state index is 0.223. The molecule has 3 aromatic carbocycles. The van der Waals surface area contributed by atoms with Gasteiger partial charge in [-0.05, 0) is 85.7 Å². The SMILES string of the molecule is Oc1cc2c(cc1N(c1ccccc1)c1cccc3cnccc13)C[C@H]1NCC[C@@]23CCCC[C@@H]13. The Morgan fingerprint density at radius 1 is 0.943 bits per heavy atom. The second kappa shape index (κ2) is 8.10. The quantitative estimate of drug-likeness (QED) is 0.354. The van der Waals surface area contributed by atoms with Gasteiger partial charge in [0.1, 0.15) is 5.75 Å². The molecule has 0 amide bonds. The maximum Gasteiger partial charge on any atom is 0.139 e. The molecule has 4 heteroatoms. The first kappa shape index (κ1) is 21.0. The van der Waals surface area contributed by atoms with Crippen molar-refractivity contribution in [2.45, 2.75) is 50.0 Å². The molecule has 7 rings (SSSR count). The molecule has 0 unspecified atom stereocenters. The van der Waals surface area contributed by atoms with Crippen LogP contribution in [0, 0.1) is 5.92 Å². The lowest BCUT2D eigenvalue weighted by molar-refractivity contribution is 0.0796.